The van der Waals surface area contributed by atoms with Crippen molar-refractivity contribution in [2.75, 3.05) is 13.2 Å². The van der Waals surface area contributed by atoms with Crippen molar-refractivity contribution in [2.45, 2.75) is 51.6 Å². The lowest BCUT2D eigenvalue weighted by molar-refractivity contribution is -0.141. The van der Waals surface area contributed by atoms with E-state index < -0.39 is 11.9 Å². The summed E-state index contributed by atoms with van der Waals surface area (Å²) in [6.07, 6.45) is 1.22. The molecule has 4 rings (SSSR count). The fraction of sp³-hybridized carbons (Fsp3) is 0.385. The largest absolute Gasteiger partial charge is 0.460 e. The van der Waals surface area contributed by atoms with Crippen LogP contribution in [0.4, 0.5) is 0 Å². The number of thiophene rings is 1. The molecule has 0 saturated carbocycles. The van der Waals surface area contributed by atoms with Gasteiger partial charge in [-0.25, -0.2) is 4.79 Å². The number of dihydropyridines is 1. The van der Waals surface area contributed by atoms with E-state index in [9.17, 15) is 9.59 Å². The van der Waals surface area contributed by atoms with Gasteiger partial charge in [0.05, 0.1) is 18.3 Å². The van der Waals surface area contributed by atoms with Crippen LogP contribution in [0.25, 0.3) is 0 Å². The molecule has 0 amide bonds. The van der Waals surface area contributed by atoms with Crippen LogP contribution in [0, 0.1) is 0 Å². The van der Waals surface area contributed by atoms with Crippen LogP contribution in [0.15, 0.2) is 64.3 Å². The molecule has 0 saturated heterocycles. The lowest BCUT2D eigenvalue weighted by Crippen LogP contribution is -2.36. The molecular weight excluding hydrogens is 458 g/mol. The maximum absolute atomic E-state index is 13.5. The van der Waals surface area contributed by atoms with Crippen molar-refractivity contribution in [2.24, 2.45) is 0 Å². The smallest absolute Gasteiger partial charge is 0.336 e. The molecule has 1 aromatic heterocycles. The van der Waals surface area contributed by atoms with Gasteiger partial charge >= 0.3 is 5.97 Å². The minimum atomic E-state index is -0.492. The summed E-state index contributed by atoms with van der Waals surface area (Å²) in [6.45, 7) is 6.21. The first kappa shape index (κ1) is 23.7. The molecule has 0 unspecified atom stereocenters. The zero-order valence-corrected chi connectivity index (χ0v) is 20.6. The number of ketones is 1. The molecule has 1 aliphatic carbocycles. The number of Topliss-reactive ketones (excluding diaryl/α,β-unsaturated/α-hetero) is 1. The molecule has 174 valence electrons. The number of hydrogen-bond donors (Lipinski definition) is 1. The fourth-order valence-corrected chi connectivity index (χ4v) is 5.48. The summed E-state index contributed by atoms with van der Waals surface area (Å²) < 4.78 is 11.0. The Balaban J connectivity index is 1.67. The highest BCUT2D eigenvalue weighted by atomic mass is 35.5. The maximum Gasteiger partial charge on any atom is 0.336 e. The molecule has 2 aliphatic rings. The van der Waals surface area contributed by atoms with Crippen molar-refractivity contribution in [1.82, 2.24) is 5.32 Å². The standard InChI is InChI=1S/C26H28ClNO4S/c1-15(2)31-10-11-32-26(30)23-16(3)28-20-13-18(22-5-4-12-33-22)14-21(29)25(20)24(23)17-6-8-19(27)9-7-17/h4-9,12,15,18,24,28H,10-11,13-14H2,1-3H3/t18-,24-/m0/s1. The molecule has 0 bridgehead atoms. The molecule has 0 radical (unpaired) electrons. The van der Waals surface area contributed by atoms with Crippen molar-refractivity contribution in [1.29, 1.82) is 0 Å². The van der Waals surface area contributed by atoms with E-state index in [1.54, 1.807) is 23.5 Å². The molecule has 7 heteroatoms. The Morgan fingerprint density at radius 3 is 2.61 bits per heavy atom. The van der Waals surface area contributed by atoms with E-state index in [-0.39, 0.29) is 24.4 Å². The molecule has 2 atom stereocenters. The number of hydrogen-bond acceptors (Lipinski definition) is 6. The molecule has 2 aromatic rings. The summed E-state index contributed by atoms with van der Waals surface area (Å²) >= 11 is 7.80. The Kier molecular flexibility index (Phi) is 7.37. The van der Waals surface area contributed by atoms with E-state index >= 15 is 0 Å². The molecule has 5 nitrogen and oxygen atoms in total. The van der Waals surface area contributed by atoms with Crippen LogP contribution in [0.3, 0.4) is 0 Å². The highest BCUT2D eigenvalue weighted by molar-refractivity contribution is 7.10. The van der Waals surface area contributed by atoms with Gasteiger partial charge in [-0.05, 0) is 56.3 Å². The average Bonchev–Trinajstić information content (AvgIpc) is 3.31. The zero-order valence-electron chi connectivity index (χ0n) is 19.0. The molecule has 1 aromatic carbocycles. The number of rotatable bonds is 7. The Bertz CT molecular complexity index is 1090. The third-order valence-electron chi connectivity index (χ3n) is 5.96. The van der Waals surface area contributed by atoms with Crippen LogP contribution in [0.2, 0.25) is 5.02 Å². The first-order chi connectivity index (χ1) is 15.8. The number of halogens is 1. The van der Waals surface area contributed by atoms with Gasteiger partial charge in [-0.1, -0.05) is 29.8 Å². The van der Waals surface area contributed by atoms with Crippen LogP contribution in [0.1, 0.15) is 55.9 Å². The summed E-state index contributed by atoms with van der Waals surface area (Å²) in [5.41, 5.74) is 3.57. The van der Waals surface area contributed by atoms with Crippen molar-refractivity contribution < 1.29 is 19.1 Å². The summed E-state index contributed by atoms with van der Waals surface area (Å²) in [4.78, 5) is 27.9. The van der Waals surface area contributed by atoms with Gasteiger partial charge in [-0.15, -0.1) is 11.3 Å². The highest BCUT2D eigenvalue weighted by Crippen LogP contribution is 2.46. The minimum absolute atomic E-state index is 0.0584. The summed E-state index contributed by atoms with van der Waals surface area (Å²) in [5, 5.41) is 6.02. The van der Waals surface area contributed by atoms with Gasteiger partial charge in [-0.3, -0.25) is 4.79 Å². The fourth-order valence-electron chi connectivity index (χ4n) is 4.52. The van der Waals surface area contributed by atoms with Gasteiger partial charge < -0.3 is 14.8 Å². The number of nitrogens with one attached hydrogen (secondary N) is 1. The molecule has 0 fully saturated rings. The third kappa shape index (κ3) is 5.24. The monoisotopic (exact) mass is 485 g/mol. The highest BCUT2D eigenvalue weighted by Gasteiger charge is 2.41. The number of esters is 1. The Morgan fingerprint density at radius 2 is 1.94 bits per heavy atom. The average molecular weight is 486 g/mol. The van der Waals surface area contributed by atoms with E-state index in [4.69, 9.17) is 21.1 Å². The van der Waals surface area contributed by atoms with Gasteiger partial charge in [0.25, 0.3) is 0 Å². The molecule has 0 spiro atoms. The van der Waals surface area contributed by atoms with Gasteiger partial charge in [0.15, 0.2) is 5.78 Å². The van der Waals surface area contributed by atoms with E-state index in [1.165, 1.54) is 4.88 Å². The van der Waals surface area contributed by atoms with Crippen molar-refractivity contribution in [3.63, 3.8) is 0 Å². The predicted octanol–water partition coefficient (Wildman–Crippen LogP) is 5.73. The van der Waals surface area contributed by atoms with E-state index in [2.05, 4.69) is 11.4 Å². The molecule has 2 heterocycles. The summed E-state index contributed by atoms with van der Waals surface area (Å²) in [5.74, 6) is -0.729. The third-order valence-corrected chi connectivity index (χ3v) is 7.25. The first-order valence-electron chi connectivity index (χ1n) is 11.2. The van der Waals surface area contributed by atoms with Gasteiger partial charge in [0.1, 0.15) is 6.61 Å². The van der Waals surface area contributed by atoms with Crippen molar-refractivity contribution in [3.8, 4) is 0 Å². The Morgan fingerprint density at radius 1 is 1.18 bits per heavy atom. The number of carbonyl (C=O) groups excluding carboxylic acids is 2. The van der Waals surface area contributed by atoms with Gasteiger partial charge in [0, 0.05) is 45.1 Å². The van der Waals surface area contributed by atoms with E-state index in [1.807, 2.05) is 44.4 Å². The number of allylic oxidation sites excluding steroid dienone is 3. The lowest BCUT2D eigenvalue weighted by atomic mass is 9.72. The van der Waals surface area contributed by atoms with Crippen molar-refractivity contribution >= 4 is 34.7 Å². The molecule has 1 aliphatic heterocycles. The summed E-state index contributed by atoms with van der Waals surface area (Å²) in [7, 11) is 0. The topological polar surface area (TPSA) is 64.6 Å². The maximum atomic E-state index is 13.5. The zero-order chi connectivity index (χ0) is 23.5. The minimum Gasteiger partial charge on any atom is -0.460 e. The summed E-state index contributed by atoms with van der Waals surface area (Å²) in [6, 6.07) is 11.4. The SMILES string of the molecule is CC1=C(C(=O)OCCOC(C)C)[C@H](c2ccc(Cl)cc2)C2=C(C[C@H](c3cccs3)CC2=O)N1. The Labute approximate surface area is 203 Å². The van der Waals surface area contributed by atoms with Crippen LogP contribution in [-0.2, 0) is 19.1 Å². The van der Waals surface area contributed by atoms with Crippen LogP contribution in [0.5, 0.6) is 0 Å². The second-order valence-corrected chi connectivity index (χ2v) is 10.1. The van der Waals surface area contributed by atoms with E-state index in [0.29, 0.717) is 34.9 Å². The van der Waals surface area contributed by atoms with Crippen LogP contribution < -0.4 is 5.32 Å². The normalized spacial score (nSPS) is 20.7. The van der Waals surface area contributed by atoms with Crippen LogP contribution >= 0.6 is 22.9 Å². The molecular formula is C26H28ClNO4S. The lowest BCUT2D eigenvalue weighted by Gasteiger charge is -2.36. The first-order valence-corrected chi connectivity index (χ1v) is 12.4. The second-order valence-electron chi connectivity index (χ2n) is 8.64. The van der Waals surface area contributed by atoms with Crippen molar-refractivity contribution in [3.05, 3.63) is 79.8 Å². The predicted molar refractivity (Wildman–Crippen MR) is 130 cm³/mol. The van der Waals surface area contributed by atoms with Crippen LogP contribution in [-0.4, -0.2) is 31.1 Å². The number of benzene rings is 1. The van der Waals surface area contributed by atoms with Gasteiger partial charge in [-0.2, -0.15) is 0 Å². The quantitative estimate of drug-likeness (QED) is 0.400. The van der Waals surface area contributed by atoms with E-state index in [0.717, 1.165) is 17.7 Å². The molecule has 1 N–H and O–H groups in total. The van der Waals surface area contributed by atoms with Gasteiger partial charge in [0.2, 0.25) is 0 Å². The number of carbonyl (C=O) groups is 2. The Hall–Kier alpha value is -2.41. The number of ether oxygens (including phenoxy) is 2. The molecule has 33 heavy (non-hydrogen) atoms. The second kappa shape index (κ2) is 10.2.